The first-order valence-corrected chi connectivity index (χ1v) is 15.9. The average Bonchev–Trinajstić information content (AvgIpc) is 2.96. The standard InChI is InChI=1S/C29H18NS.C11H20O2.Ir/c1-16-11-20-7-8-21-22-9-10-30-29-25-13-18-5-3-4-6-19(18)14-26(25)31-27(28(22)29)15-24(21)23(20)12-17(16)2;1-10(2,3)8(12)7-9(13)11(4,5)6;/h3-12,14-15H,1-2H3;7,12H,1-6H3;/q-1;;/b;8-7-;. The van der Waals surface area contributed by atoms with Gasteiger partial charge in [-0.3, -0.25) is 9.78 Å². The van der Waals surface area contributed by atoms with Crippen LogP contribution in [0.1, 0.15) is 52.7 Å². The van der Waals surface area contributed by atoms with Crippen LogP contribution >= 0.6 is 11.8 Å². The van der Waals surface area contributed by atoms with Crippen LogP contribution in [-0.4, -0.2) is 15.9 Å². The Labute approximate surface area is 283 Å². The molecule has 1 N–H and O–H groups in total. The molecule has 6 aromatic rings. The van der Waals surface area contributed by atoms with Crippen molar-refractivity contribution in [3.63, 3.8) is 0 Å². The summed E-state index contributed by atoms with van der Waals surface area (Å²) in [7, 11) is 0. The molecule has 0 saturated heterocycles. The second-order valence-electron chi connectivity index (χ2n) is 13.9. The number of nitrogens with zero attached hydrogens (tertiary/aromatic N) is 1. The first-order chi connectivity index (χ1) is 20.7. The molecule has 0 fully saturated rings. The Bertz CT molecular complexity index is 2170. The maximum absolute atomic E-state index is 11.5. The number of hydrogen-bond acceptors (Lipinski definition) is 4. The Morgan fingerprint density at radius 2 is 1.49 bits per heavy atom. The molecule has 1 aromatic heterocycles. The van der Waals surface area contributed by atoms with Crippen LogP contribution in [0.3, 0.4) is 0 Å². The van der Waals surface area contributed by atoms with Crippen LogP contribution in [0.5, 0.6) is 0 Å². The SMILES string of the molecule is CC(C)(C)C(=O)/C=C(\O)C(C)(C)C.Cc1cc2ccc3c4ccnc5c4c(cc3c2cc1C)Sc1cc2ccccc2[c-]c1-5.[Ir]. The molecule has 0 spiro atoms. The minimum Gasteiger partial charge on any atom is -0.512 e. The Kier molecular flexibility index (Phi) is 8.78. The van der Waals surface area contributed by atoms with Gasteiger partial charge in [0.2, 0.25) is 0 Å². The topological polar surface area (TPSA) is 50.2 Å². The van der Waals surface area contributed by atoms with Crippen molar-refractivity contribution in [2.24, 2.45) is 10.8 Å². The summed E-state index contributed by atoms with van der Waals surface area (Å²) in [5, 5.41) is 19.7. The zero-order valence-corrected chi connectivity index (χ0v) is 30.3. The number of rotatable bonds is 1. The van der Waals surface area contributed by atoms with Gasteiger partial charge in [0.25, 0.3) is 0 Å². The van der Waals surface area contributed by atoms with Crippen molar-refractivity contribution in [1.29, 1.82) is 0 Å². The number of ketones is 1. The van der Waals surface area contributed by atoms with Crippen LogP contribution in [0.4, 0.5) is 0 Å². The molecule has 3 nitrogen and oxygen atoms in total. The molecule has 231 valence electrons. The third-order valence-corrected chi connectivity index (χ3v) is 9.51. The van der Waals surface area contributed by atoms with Crippen LogP contribution < -0.4 is 0 Å². The van der Waals surface area contributed by atoms with Crippen molar-refractivity contribution in [2.45, 2.75) is 65.2 Å². The van der Waals surface area contributed by atoms with Crippen LogP contribution in [-0.2, 0) is 24.9 Å². The second-order valence-corrected chi connectivity index (χ2v) is 15.0. The predicted molar refractivity (Wildman–Crippen MR) is 187 cm³/mol. The molecule has 7 rings (SSSR count). The Balaban J connectivity index is 0.000000246. The molecule has 0 aliphatic carbocycles. The molecule has 0 unspecified atom stereocenters. The van der Waals surface area contributed by atoms with Crippen LogP contribution in [0.25, 0.3) is 54.3 Å². The third-order valence-electron chi connectivity index (χ3n) is 8.42. The number of aryl methyl sites for hydroxylation is 2. The monoisotopic (exact) mass is 789 g/mol. The molecule has 0 amide bonds. The number of hydrogen-bond donors (Lipinski definition) is 1. The van der Waals surface area contributed by atoms with Gasteiger partial charge in [-0.2, -0.15) is 0 Å². The van der Waals surface area contributed by atoms with E-state index in [1.807, 2.05) is 59.5 Å². The fourth-order valence-electron chi connectivity index (χ4n) is 5.50. The Morgan fingerprint density at radius 3 is 2.20 bits per heavy atom. The molecule has 5 heteroatoms. The van der Waals surface area contributed by atoms with Gasteiger partial charge in [0.05, 0.1) is 0 Å². The number of fused-ring (bicyclic) bond motifs is 7. The molecular formula is C40H38IrNO2S-. The number of carbonyl (C=O) groups is 1. The van der Waals surface area contributed by atoms with E-state index in [0.29, 0.717) is 0 Å². The van der Waals surface area contributed by atoms with Gasteiger partial charge in [-0.1, -0.05) is 95.0 Å². The summed E-state index contributed by atoms with van der Waals surface area (Å²) in [4.78, 5) is 18.8. The zero-order valence-electron chi connectivity index (χ0n) is 27.0. The number of pyridine rings is 1. The van der Waals surface area contributed by atoms with Crippen LogP contribution in [0.15, 0.2) is 94.6 Å². The van der Waals surface area contributed by atoms with Crippen molar-refractivity contribution in [3.05, 3.63) is 102 Å². The van der Waals surface area contributed by atoms with Gasteiger partial charge in [0.1, 0.15) is 5.76 Å². The third kappa shape index (κ3) is 6.19. The number of carbonyl (C=O) groups excluding carboxylic acids is 1. The first-order valence-electron chi connectivity index (χ1n) is 15.1. The normalized spacial score (nSPS) is 12.9. The molecular weight excluding hydrogens is 751 g/mol. The van der Waals surface area contributed by atoms with E-state index in [4.69, 9.17) is 4.98 Å². The summed E-state index contributed by atoms with van der Waals surface area (Å²) in [5.74, 6) is 0.104. The van der Waals surface area contributed by atoms with Crippen molar-refractivity contribution >= 4 is 60.6 Å². The number of allylic oxidation sites excluding steroid dienone is 2. The summed E-state index contributed by atoms with van der Waals surface area (Å²) < 4.78 is 0. The summed E-state index contributed by atoms with van der Waals surface area (Å²) in [5.41, 5.74) is 4.08. The summed E-state index contributed by atoms with van der Waals surface area (Å²) >= 11 is 1.85. The predicted octanol–water partition coefficient (Wildman–Crippen LogP) is 11.3. The van der Waals surface area contributed by atoms with Gasteiger partial charge in [-0.15, -0.1) is 35.3 Å². The summed E-state index contributed by atoms with van der Waals surface area (Å²) in [6.07, 6.45) is 3.29. The second kappa shape index (κ2) is 12.0. The van der Waals surface area contributed by atoms with E-state index in [9.17, 15) is 9.90 Å². The zero-order chi connectivity index (χ0) is 31.6. The number of aliphatic hydroxyl groups is 1. The largest absolute Gasteiger partial charge is 0.512 e. The molecule has 2 heterocycles. The number of aliphatic hydroxyl groups excluding tert-OH is 1. The van der Waals surface area contributed by atoms with Crippen molar-refractivity contribution in [2.75, 3.05) is 0 Å². The number of aromatic nitrogens is 1. The molecule has 0 atom stereocenters. The van der Waals surface area contributed by atoms with E-state index < -0.39 is 5.41 Å². The van der Waals surface area contributed by atoms with Crippen molar-refractivity contribution < 1.29 is 30.0 Å². The van der Waals surface area contributed by atoms with E-state index in [1.54, 1.807) is 0 Å². The van der Waals surface area contributed by atoms with Gasteiger partial charge in [-0.25, -0.2) is 0 Å². The minimum absolute atomic E-state index is 0. The first kappa shape index (κ1) is 32.9. The van der Waals surface area contributed by atoms with Gasteiger partial charge >= 0.3 is 0 Å². The minimum atomic E-state index is -0.417. The molecule has 5 aromatic carbocycles. The fourth-order valence-corrected chi connectivity index (χ4v) is 6.65. The molecule has 0 bridgehead atoms. The van der Waals surface area contributed by atoms with Gasteiger partial charge in [0, 0.05) is 53.8 Å². The summed E-state index contributed by atoms with van der Waals surface area (Å²) in [6, 6.07) is 28.1. The van der Waals surface area contributed by atoms with Crippen LogP contribution in [0, 0.1) is 30.7 Å². The molecule has 0 saturated carbocycles. The van der Waals surface area contributed by atoms with Crippen molar-refractivity contribution in [3.8, 4) is 11.3 Å². The van der Waals surface area contributed by atoms with E-state index in [-0.39, 0.29) is 37.1 Å². The quantitative estimate of drug-likeness (QED) is 0.0779. The molecule has 1 aliphatic heterocycles. The van der Waals surface area contributed by atoms with E-state index in [0.717, 1.165) is 16.6 Å². The van der Waals surface area contributed by atoms with Crippen LogP contribution in [0.2, 0.25) is 0 Å². The number of benzene rings is 5. The smallest absolute Gasteiger partial charge is 0.164 e. The van der Waals surface area contributed by atoms with Gasteiger partial charge < -0.3 is 5.11 Å². The van der Waals surface area contributed by atoms with E-state index in [1.165, 1.54) is 64.7 Å². The Morgan fingerprint density at radius 1 is 0.778 bits per heavy atom. The molecule has 1 aliphatic rings. The van der Waals surface area contributed by atoms with Gasteiger partial charge in [-0.05, 0) is 74.3 Å². The average molecular weight is 789 g/mol. The van der Waals surface area contributed by atoms with E-state index >= 15 is 0 Å². The summed E-state index contributed by atoms with van der Waals surface area (Å²) in [6.45, 7) is 15.5. The maximum atomic E-state index is 11.5. The maximum Gasteiger partial charge on any atom is 0.164 e. The van der Waals surface area contributed by atoms with Crippen molar-refractivity contribution in [1.82, 2.24) is 4.98 Å². The molecule has 45 heavy (non-hydrogen) atoms. The van der Waals surface area contributed by atoms with Gasteiger partial charge in [0.15, 0.2) is 5.78 Å². The Hall–Kier alpha value is -3.50. The fraction of sp³-hybridized carbons (Fsp3) is 0.250. The molecule has 1 radical (unpaired) electrons. The van der Waals surface area contributed by atoms with E-state index in [2.05, 4.69) is 86.6 Å².